The third kappa shape index (κ3) is 4.55. The smallest absolute Gasteiger partial charge is 0.270 e. The fraction of sp³-hybridized carbons (Fsp3) is 0.105. The van der Waals surface area contributed by atoms with Crippen molar-refractivity contribution in [2.75, 3.05) is 5.32 Å². The number of hydrogen-bond donors (Lipinski definition) is 2. The fourth-order valence-electron chi connectivity index (χ4n) is 2.26. The maximum atomic E-state index is 12.3. The van der Waals surface area contributed by atoms with Gasteiger partial charge in [0.2, 0.25) is 5.95 Å². The van der Waals surface area contributed by atoms with Crippen molar-refractivity contribution in [2.24, 2.45) is 0 Å². The van der Waals surface area contributed by atoms with Gasteiger partial charge in [-0.1, -0.05) is 48.0 Å². The summed E-state index contributed by atoms with van der Waals surface area (Å²) in [5.41, 5.74) is 3.13. The number of anilines is 2. The van der Waals surface area contributed by atoms with Gasteiger partial charge < -0.3 is 10.6 Å². The molecule has 0 aliphatic heterocycles. The van der Waals surface area contributed by atoms with Crippen LogP contribution >= 0.6 is 11.6 Å². The van der Waals surface area contributed by atoms with Crippen molar-refractivity contribution in [3.8, 4) is 0 Å². The zero-order valence-corrected chi connectivity index (χ0v) is 14.4. The summed E-state index contributed by atoms with van der Waals surface area (Å²) in [6.45, 7) is 2.40. The first-order valence-electron chi connectivity index (χ1n) is 7.80. The standard InChI is InChI=1S/C19H17ClN4O/c1-13-7-8-15(20)11-17(13)24-19-21-10-9-16(23-19)18(25)22-12-14-5-3-2-4-6-14/h2-11H,12H2,1H3,(H,22,25)(H,21,23,24). The van der Waals surface area contributed by atoms with Gasteiger partial charge in [-0.15, -0.1) is 0 Å². The number of nitrogens with zero attached hydrogens (tertiary/aromatic N) is 2. The quantitative estimate of drug-likeness (QED) is 0.725. The highest BCUT2D eigenvalue weighted by Gasteiger charge is 2.09. The monoisotopic (exact) mass is 352 g/mol. The lowest BCUT2D eigenvalue weighted by molar-refractivity contribution is 0.0946. The molecule has 25 heavy (non-hydrogen) atoms. The van der Waals surface area contributed by atoms with E-state index in [2.05, 4.69) is 20.6 Å². The van der Waals surface area contributed by atoms with Gasteiger partial charge in [-0.2, -0.15) is 0 Å². The van der Waals surface area contributed by atoms with Crippen molar-refractivity contribution in [3.63, 3.8) is 0 Å². The molecular formula is C19H17ClN4O. The fourth-order valence-corrected chi connectivity index (χ4v) is 2.44. The van der Waals surface area contributed by atoms with Gasteiger partial charge in [-0.05, 0) is 36.2 Å². The second kappa shape index (κ2) is 7.77. The lowest BCUT2D eigenvalue weighted by Crippen LogP contribution is -2.24. The Morgan fingerprint density at radius 3 is 2.72 bits per heavy atom. The van der Waals surface area contributed by atoms with Crippen LogP contribution in [-0.4, -0.2) is 15.9 Å². The Morgan fingerprint density at radius 2 is 1.92 bits per heavy atom. The average Bonchev–Trinajstić information content (AvgIpc) is 2.64. The van der Waals surface area contributed by atoms with E-state index in [1.54, 1.807) is 18.3 Å². The lowest BCUT2D eigenvalue weighted by Gasteiger charge is -2.10. The van der Waals surface area contributed by atoms with Gasteiger partial charge in [-0.3, -0.25) is 4.79 Å². The Hall–Kier alpha value is -2.92. The van der Waals surface area contributed by atoms with Crippen LogP contribution in [-0.2, 0) is 6.54 Å². The molecule has 0 saturated carbocycles. The van der Waals surface area contributed by atoms with Crippen LogP contribution in [0.1, 0.15) is 21.6 Å². The molecule has 126 valence electrons. The van der Waals surface area contributed by atoms with Gasteiger partial charge in [0, 0.05) is 23.5 Å². The normalized spacial score (nSPS) is 10.3. The molecular weight excluding hydrogens is 336 g/mol. The van der Waals surface area contributed by atoms with Crippen molar-refractivity contribution >= 4 is 29.1 Å². The first-order chi connectivity index (χ1) is 12.1. The number of benzene rings is 2. The molecule has 3 rings (SSSR count). The molecule has 3 aromatic rings. The highest BCUT2D eigenvalue weighted by molar-refractivity contribution is 6.30. The zero-order valence-electron chi connectivity index (χ0n) is 13.7. The van der Waals surface area contributed by atoms with E-state index >= 15 is 0 Å². The second-order valence-electron chi connectivity index (χ2n) is 5.52. The van der Waals surface area contributed by atoms with Crippen molar-refractivity contribution in [1.29, 1.82) is 0 Å². The van der Waals surface area contributed by atoms with Gasteiger partial charge >= 0.3 is 0 Å². The van der Waals surface area contributed by atoms with E-state index in [0.29, 0.717) is 23.2 Å². The Morgan fingerprint density at radius 1 is 1.12 bits per heavy atom. The third-order valence-electron chi connectivity index (χ3n) is 3.63. The number of rotatable bonds is 5. The summed E-state index contributed by atoms with van der Waals surface area (Å²) in [7, 11) is 0. The first kappa shape index (κ1) is 16.9. The molecule has 5 nitrogen and oxygen atoms in total. The van der Waals surface area contributed by atoms with E-state index in [9.17, 15) is 4.79 Å². The van der Waals surface area contributed by atoms with Crippen LogP contribution in [0.4, 0.5) is 11.6 Å². The molecule has 0 unspecified atom stereocenters. The maximum Gasteiger partial charge on any atom is 0.270 e. The number of nitrogens with one attached hydrogen (secondary N) is 2. The molecule has 2 N–H and O–H groups in total. The summed E-state index contributed by atoms with van der Waals surface area (Å²) < 4.78 is 0. The molecule has 0 radical (unpaired) electrons. The molecule has 1 amide bonds. The minimum Gasteiger partial charge on any atom is -0.347 e. The van der Waals surface area contributed by atoms with E-state index in [1.165, 1.54) is 0 Å². The predicted molar refractivity (Wildman–Crippen MR) is 99.1 cm³/mol. The molecule has 0 atom stereocenters. The second-order valence-corrected chi connectivity index (χ2v) is 5.95. The number of carbonyl (C=O) groups is 1. The van der Waals surface area contributed by atoms with Crippen LogP contribution in [0.3, 0.4) is 0 Å². The van der Waals surface area contributed by atoms with E-state index < -0.39 is 0 Å². The largest absolute Gasteiger partial charge is 0.347 e. The molecule has 1 heterocycles. The molecule has 0 aliphatic rings. The van der Waals surface area contributed by atoms with Crippen LogP contribution in [0.25, 0.3) is 0 Å². The minimum atomic E-state index is -0.253. The Labute approximate surface area is 151 Å². The van der Waals surface area contributed by atoms with Gasteiger partial charge in [0.05, 0.1) is 0 Å². The maximum absolute atomic E-state index is 12.3. The highest BCUT2D eigenvalue weighted by Crippen LogP contribution is 2.22. The summed E-state index contributed by atoms with van der Waals surface area (Å²) in [6.07, 6.45) is 1.55. The molecule has 0 aliphatic carbocycles. The molecule has 1 aromatic heterocycles. The number of aromatic nitrogens is 2. The van der Waals surface area contributed by atoms with Crippen LogP contribution < -0.4 is 10.6 Å². The molecule has 6 heteroatoms. The topological polar surface area (TPSA) is 66.9 Å². The summed E-state index contributed by atoms with van der Waals surface area (Å²) in [5, 5.41) is 6.56. The van der Waals surface area contributed by atoms with Gasteiger partial charge in [-0.25, -0.2) is 9.97 Å². The van der Waals surface area contributed by atoms with Gasteiger partial charge in [0.15, 0.2) is 0 Å². The molecule has 0 saturated heterocycles. The Bertz CT molecular complexity index is 884. The summed E-state index contributed by atoms with van der Waals surface area (Å²) in [6, 6.07) is 16.8. The number of hydrogen-bond acceptors (Lipinski definition) is 4. The number of amides is 1. The summed E-state index contributed by atoms with van der Waals surface area (Å²) in [5.74, 6) is 0.0925. The van der Waals surface area contributed by atoms with E-state index in [1.807, 2.05) is 49.4 Å². The summed E-state index contributed by atoms with van der Waals surface area (Å²) in [4.78, 5) is 20.7. The van der Waals surface area contributed by atoms with Crippen molar-refractivity contribution in [2.45, 2.75) is 13.5 Å². The van der Waals surface area contributed by atoms with Crippen molar-refractivity contribution in [1.82, 2.24) is 15.3 Å². The summed E-state index contributed by atoms with van der Waals surface area (Å²) >= 11 is 6.02. The number of carbonyl (C=O) groups excluding carboxylic acids is 1. The number of halogens is 1. The van der Waals surface area contributed by atoms with E-state index in [-0.39, 0.29) is 5.91 Å². The minimum absolute atomic E-state index is 0.253. The highest BCUT2D eigenvalue weighted by atomic mass is 35.5. The first-order valence-corrected chi connectivity index (χ1v) is 8.18. The third-order valence-corrected chi connectivity index (χ3v) is 3.87. The van der Waals surface area contributed by atoms with Gasteiger partial charge in [0.25, 0.3) is 5.91 Å². The number of aryl methyl sites for hydroxylation is 1. The van der Waals surface area contributed by atoms with Crippen LogP contribution in [0, 0.1) is 6.92 Å². The average molecular weight is 353 g/mol. The molecule has 0 bridgehead atoms. The molecule has 0 fully saturated rings. The molecule has 0 spiro atoms. The van der Waals surface area contributed by atoms with Crippen LogP contribution in [0.15, 0.2) is 60.8 Å². The van der Waals surface area contributed by atoms with E-state index in [0.717, 1.165) is 16.8 Å². The van der Waals surface area contributed by atoms with Crippen molar-refractivity contribution in [3.05, 3.63) is 82.6 Å². The zero-order chi connectivity index (χ0) is 17.6. The Kier molecular flexibility index (Phi) is 5.26. The van der Waals surface area contributed by atoms with Crippen molar-refractivity contribution < 1.29 is 4.79 Å². The van der Waals surface area contributed by atoms with Crippen LogP contribution in [0.2, 0.25) is 5.02 Å². The predicted octanol–water partition coefficient (Wildman–Crippen LogP) is 4.11. The SMILES string of the molecule is Cc1ccc(Cl)cc1Nc1nccc(C(=O)NCc2ccccc2)n1. The Balaban J connectivity index is 1.70. The van der Waals surface area contributed by atoms with Gasteiger partial charge in [0.1, 0.15) is 5.69 Å². The lowest BCUT2D eigenvalue weighted by atomic mass is 10.2. The van der Waals surface area contributed by atoms with E-state index in [4.69, 9.17) is 11.6 Å². The molecule has 2 aromatic carbocycles. The van der Waals surface area contributed by atoms with Crippen LogP contribution in [0.5, 0.6) is 0 Å².